The Hall–Kier alpha value is -1.91. The van der Waals surface area contributed by atoms with Crippen molar-refractivity contribution in [1.29, 1.82) is 0 Å². The van der Waals surface area contributed by atoms with Crippen LogP contribution in [0.4, 0.5) is 5.69 Å². The van der Waals surface area contributed by atoms with Gasteiger partial charge in [0, 0.05) is 10.7 Å². The van der Waals surface area contributed by atoms with E-state index in [1.54, 1.807) is 49.6 Å². The van der Waals surface area contributed by atoms with Crippen molar-refractivity contribution in [3.05, 3.63) is 52.5 Å². The summed E-state index contributed by atoms with van der Waals surface area (Å²) in [6.07, 6.45) is 0. The third-order valence-corrected chi connectivity index (χ3v) is 3.16. The van der Waals surface area contributed by atoms with Crippen LogP contribution in [0.1, 0.15) is 0 Å². The Morgan fingerprint density at radius 1 is 1.14 bits per heavy atom. The van der Waals surface area contributed by atoms with Gasteiger partial charge in [-0.15, -0.1) is 0 Å². The van der Waals surface area contributed by atoms with Gasteiger partial charge in [0.05, 0.1) is 12.1 Å². The number of benzene rings is 2. The molecule has 0 bridgehead atoms. The molecule has 6 heteroatoms. The van der Waals surface area contributed by atoms with Gasteiger partial charge in [-0.2, -0.15) is 0 Å². The fourth-order valence-corrected chi connectivity index (χ4v) is 2.07. The first-order chi connectivity index (χ1) is 10.1. The van der Waals surface area contributed by atoms with E-state index in [4.69, 9.17) is 32.7 Å². The highest BCUT2D eigenvalue weighted by Crippen LogP contribution is 2.27. The molecule has 0 aliphatic rings. The summed E-state index contributed by atoms with van der Waals surface area (Å²) >= 11 is 11.7. The molecule has 110 valence electrons. The number of methoxy groups -OCH3 is 1. The second-order valence-electron chi connectivity index (χ2n) is 4.14. The van der Waals surface area contributed by atoms with E-state index in [0.29, 0.717) is 21.5 Å². The average molecular weight is 326 g/mol. The van der Waals surface area contributed by atoms with Crippen molar-refractivity contribution in [2.24, 2.45) is 0 Å². The minimum absolute atomic E-state index is 0.145. The molecule has 1 N–H and O–H groups in total. The lowest BCUT2D eigenvalue weighted by Crippen LogP contribution is -2.20. The molecule has 0 aliphatic heterocycles. The van der Waals surface area contributed by atoms with Crippen molar-refractivity contribution in [2.75, 3.05) is 19.0 Å². The smallest absolute Gasteiger partial charge is 0.262 e. The van der Waals surface area contributed by atoms with Crippen molar-refractivity contribution in [3.63, 3.8) is 0 Å². The van der Waals surface area contributed by atoms with Crippen LogP contribution in [-0.2, 0) is 4.79 Å². The van der Waals surface area contributed by atoms with E-state index in [-0.39, 0.29) is 12.5 Å². The molecule has 2 aromatic rings. The number of hydrogen-bond acceptors (Lipinski definition) is 3. The Labute approximate surface area is 132 Å². The quantitative estimate of drug-likeness (QED) is 0.903. The second-order valence-corrected chi connectivity index (χ2v) is 4.98. The molecule has 0 saturated heterocycles. The van der Waals surface area contributed by atoms with Crippen LogP contribution >= 0.6 is 23.2 Å². The Morgan fingerprint density at radius 2 is 1.86 bits per heavy atom. The Bertz CT molecular complexity index is 629. The lowest BCUT2D eigenvalue weighted by molar-refractivity contribution is -0.118. The van der Waals surface area contributed by atoms with Gasteiger partial charge < -0.3 is 14.8 Å². The Balaban J connectivity index is 1.89. The highest BCUT2D eigenvalue weighted by atomic mass is 35.5. The molecule has 0 atom stereocenters. The first-order valence-electron chi connectivity index (χ1n) is 6.10. The number of amides is 1. The molecule has 21 heavy (non-hydrogen) atoms. The highest BCUT2D eigenvalue weighted by Gasteiger charge is 2.07. The minimum Gasteiger partial charge on any atom is -0.497 e. The fourth-order valence-electron chi connectivity index (χ4n) is 1.61. The van der Waals surface area contributed by atoms with E-state index in [1.165, 1.54) is 0 Å². The Morgan fingerprint density at radius 3 is 2.48 bits per heavy atom. The number of hydrogen-bond donors (Lipinski definition) is 1. The van der Waals surface area contributed by atoms with Gasteiger partial charge in [0.15, 0.2) is 6.61 Å². The van der Waals surface area contributed by atoms with Crippen LogP contribution in [0.2, 0.25) is 10.0 Å². The molecule has 1 amide bonds. The summed E-state index contributed by atoms with van der Waals surface area (Å²) in [4.78, 5) is 11.8. The molecule has 0 saturated carbocycles. The van der Waals surface area contributed by atoms with E-state index >= 15 is 0 Å². The SMILES string of the molecule is COc1ccc(NC(=O)COc2ccc(Cl)cc2Cl)cc1. The van der Waals surface area contributed by atoms with Crippen molar-refractivity contribution >= 4 is 34.8 Å². The number of ether oxygens (including phenoxy) is 2. The van der Waals surface area contributed by atoms with Crippen LogP contribution in [0.3, 0.4) is 0 Å². The van der Waals surface area contributed by atoms with Crippen molar-refractivity contribution in [1.82, 2.24) is 0 Å². The van der Waals surface area contributed by atoms with Crippen LogP contribution in [0.25, 0.3) is 0 Å². The standard InChI is InChI=1S/C15H13Cl2NO3/c1-20-12-5-3-11(4-6-12)18-15(19)9-21-14-7-2-10(16)8-13(14)17/h2-8H,9H2,1H3,(H,18,19). The zero-order valence-corrected chi connectivity index (χ0v) is 12.7. The normalized spacial score (nSPS) is 10.0. The van der Waals surface area contributed by atoms with E-state index in [0.717, 1.165) is 5.75 Å². The van der Waals surface area contributed by atoms with Gasteiger partial charge in [-0.3, -0.25) is 4.79 Å². The maximum Gasteiger partial charge on any atom is 0.262 e. The molecular formula is C15H13Cl2NO3. The number of carbonyl (C=O) groups excluding carboxylic acids is 1. The monoisotopic (exact) mass is 325 g/mol. The molecule has 0 heterocycles. The van der Waals surface area contributed by atoms with Gasteiger partial charge in [-0.1, -0.05) is 23.2 Å². The second kappa shape index (κ2) is 7.20. The summed E-state index contributed by atoms with van der Waals surface area (Å²) < 4.78 is 10.4. The zero-order valence-electron chi connectivity index (χ0n) is 11.2. The molecule has 0 aromatic heterocycles. The third kappa shape index (κ3) is 4.55. The number of halogens is 2. The molecule has 4 nitrogen and oxygen atoms in total. The van der Waals surface area contributed by atoms with Crippen molar-refractivity contribution in [2.45, 2.75) is 0 Å². The largest absolute Gasteiger partial charge is 0.497 e. The lowest BCUT2D eigenvalue weighted by Gasteiger charge is -2.09. The summed E-state index contributed by atoms with van der Waals surface area (Å²) in [7, 11) is 1.58. The Kier molecular flexibility index (Phi) is 5.31. The molecule has 2 rings (SSSR count). The predicted molar refractivity (Wildman–Crippen MR) is 83.6 cm³/mol. The summed E-state index contributed by atoms with van der Waals surface area (Å²) in [5.41, 5.74) is 0.659. The number of nitrogens with one attached hydrogen (secondary N) is 1. The van der Waals surface area contributed by atoms with Crippen LogP contribution in [0.15, 0.2) is 42.5 Å². The van der Waals surface area contributed by atoms with Crippen LogP contribution in [0, 0.1) is 0 Å². The van der Waals surface area contributed by atoms with Gasteiger partial charge in [0.2, 0.25) is 0 Å². The molecule has 2 aromatic carbocycles. The highest BCUT2D eigenvalue weighted by molar-refractivity contribution is 6.35. The lowest BCUT2D eigenvalue weighted by atomic mass is 10.3. The van der Waals surface area contributed by atoms with E-state index in [9.17, 15) is 4.79 Å². The van der Waals surface area contributed by atoms with Gasteiger partial charge >= 0.3 is 0 Å². The van der Waals surface area contributed by atoms with E-state index < -0.39 is 0 Å². The van der Waals surface area contributed by atoms with Crippen LogP contribution in [0.5, 0.6) is 11.5 Å². The molecule has 0 fully saturated rings. The minimum atomic E-state index is -0.286. The van der Waals surface area contributed by atoms with Gasteiger partial charge in [-0.25, -0.2) is 0 Å². The average Bonchev–Trinajstić information content (AvgIpc) is 2.47. The summed E-state index contributed by atoms with van der Waals surface area (Å²) in [6, 6.07) is 11.8. The maximum absolute atomic E-state index is 11.8. The number of anilines is 1. The fraction of sp³-hybridized carbons (Fsp3) is 0.133. The topological polar surface area (TPSA) is 47.6 Å². The van der Waals surface area contributed by atoms with Gasteiger partial charge in [0.1, 0.15) is 11.5 Å². The number of carbonyl (C=O) groups is 1. The summed E-state index contributed by atoms with van der Waals surface area (Å²) in [5.74, 6) is 0.842. The van der Waals surface area contributed by atoms with Crippen LogP contribution in [-0.4, -0.2) is 19.6 Å². The first kappa shape index (κ1) is 15.5. The van der Waals surface area contributed by atoms with Gasteiger partial charge in [0.25, 0.3) is 5.91 Å². The number of rotatable bonds is 5. The third-order valence-electron chi connectivity index (χ3n) is 2.63. The molecular weight excluding hydrogens is 313 g/mol. The first-order valence-corrected chi connectivity index (χ1v) is 6.86. The van der Waals surface area contributed by atoms with E-state index in [2.05, 4.69) is 5.32 Å². The molecule has 0 spiro atoms. The molecule has 0 radical (unpaired) electrons. The van der Waals surface area contributed by atoms with E-state index in [1.807, 2.05) is 0 Å². The van der Waals surface area contributed by atoms with Crippen molar-refractivity contribution in [3.8, 4) is 11.5 Å². The predicted octanol–water partition coefficient (Wildman–Crippen LogP) is 4.02. The summed E-state index contributed by atoms with van der Waals surface area (Å²) in [6.45, 7) is -0.145. The maximum atomic E-state index is 11.8. The molecule has 0 aliphatic carbocycles. The van der Waals surface area contributed by atoms with Crippen LogP contribution < -0.4 is 14.8 Å². The van der Waals surface area contributed by atoms with Gasteiger partial charge in [-0.05, 0) is 42.5 Å². The zero-order chi connectivity index (χ0) is 15.2. The molecule has 0 unspecified atom stereocenters. The van der Waals surface area contributed by atoms with Crippen molar-refractivity contribution < 1.29 is 14.3 Å². The summed E-state index contributed by atoms with van der Waals surface area (Å²) in [5, 5.41) is 3.58.